The van der Waals surface area contributed by atoms with E-state index in [2.05, 4.69) is 10.3 Å². The molecule has 1 aromatic carbocycles. The molecule has 1 amide bonds. The number of hydrogen-bond donors (Lipinski definition) is 1. The molecule has 0 aliphatic heterocycles. The van der Waals surface area contributed by atoms with Crippen LogP contribution in [0.5, 0.6) is 0 Å². The molecule has 0 fully saturated rings. The Morgan fingerprint density at radius 1 is 1.33 bits per heavy atom. The molecule has 0 radical (unpaired) electrons. The number of pyridine rings is 1. The van der Waals surface area contributed by atoms with Gasteiger partial charge in [-0.1, -0.05) is 11.6 Å². The quantitative estimate of drug-likeness (QED) is 0.579. The first-order chi connectivity index (χ1) is 11.4. The van der Waals surface area contributed by atoms with Gasteiger partial charge in [0.15, 0.2) is 0 Å². The average Bonchev–Trinajstić information content (AvgIpc) is 2.90. The van der Waals surface area contributed by atoms with Gasteiger partial charge in [0, 0.05) is 24.1 Å². The van der Waals surface area contributed by atoms with Crippen molar-refractivity contribution >= 4 is 34.5 Å². The molecule has 122 valence electrons. The highest BCUT2D eigenvalue weighted by atomic mass is 35.5. The summed E-state index contributed by atoms with van der Waals surface area (Å²) in [4.78, 5) is 26.5. The zero-order valence-electron chi connectivity index (χ0n) is 12.1. The van der Waals surface area contributed by atoms with E-state index in [1.165, 1.54) is 40.9 Å². The maximum atomic E-state index is 13.1. The molecule has 0 atom stereocenters. The van der Waals surface area contributed by atoms with Crippen LogP contribution in [0.25, 0.3) is 5.65 Å². The van der Waals surface area contributed by atoms with E-state index in [0.29, 0.717) is 11.3 Å². The molecule has 7 nitrogen and oxygen atoms in total. The molecule has 0 bridgehead atoms. The number of benzene rings is 1. The molecule has 2 aromatic heterocycles. The molecular formula is C15H10ClFN4O3. The number of nitro groups is 1. The lowest BCUT2D eigenvalue weighted by Gasteiger charge is -2.04. The Bertz CT molecular complexity index is 957. The Balaban J connectivity index is 1.75. The Labute approximate surface area is 139 Å². The van der Waals surface area contributed by atoms with Gasteiger partial charge in [0.1, 0.15) is 16.5 Å². The first-order valence-electron chi connectivity index (χ1n) is 6.79. The minimum atomic E-state index is -0.630. The Kier molecular flexibility index (Phi) is 4.13. The van der Waals surface area contributed by atoms with Gasteiger partial charge >= 0.3 is 0 Å². The zero-order chi connectivity index (χ0) is 17.3. The van der Waals surface area contributed by atoms with Crippen LogP contribution in [-0.4, -0.2) is 20.2 Å². The third kappa shape index (κ3) is 3.33. The summed E-state index contributed by atoms with van der Waals surface area (Å²) in [6.07, 6.45) is 2.74. The number of hydrogen-bond acceptors (Lipinski definition) is 4. The largest absolute Gasteiger partial charge is 0.325 e. The average molecular weight is 349 g/mol. The summed E-state index contributed by atoms with van der Waals surface area (Å²) in [7, 11) is 0. The molecular weight excluding hydrogens is 339 g/mol. The molecule has 0 saturated carbocycles. The standard InChI is InChI=1S/C15H10ClFN4O3/c16-12-3-2-10(5-13(12)21(23)24)19-15(22)6-11-8-20-7-9(17)1-4-14(20)18-11/h1-5,7-8H,6H2,(H,19,22). The van der Waals surface area contributed by atoms with E-state index < -0.39 is 16.6 Å². The van der Waals surface area contributed by atoms with Crippen LogP contribution in [-0.2, 0) is 11.2 Å². The van der Waals surface area contributed by atoms with Crippen molar-refractivity contribution in [2.75, 3.05) is 5.32 Å². The number of rotatable bonds is 4. The van der Waals surface area contributed by atoms with Crippen molar-refractivity contribution in [3.05, 3.63) is 69.4 Å². The molecule has 0 saturated heterocycles. The number of halogens is 2. The molecule has 24 heavy (non-hydrogen) atoms. The van der Waals surface area contributed by atoms with Crippen molar-refractivity contribution in [2.45, 2.75) is 6.42 Å². The van der Waals surface area contributed by atoms with E-state index in [1.807, 2.05) is 0 Å². The van der Waals surface area contributed by atoms with Gasteiger partial charge < -0.3 is 9.72 Å². The fourth-order valence-electron chi connectivity index (χ4n) is 2.20. The molecule has 3 rings (SSSR count). The third-order valence-electron chi connectivity index (χ3n) is 3.23. The van der Waals surface area contributed by atoms with Crippen LogP contribution in [0.1, 0.15) is 5.69 Å². The Hall–Kier alpha value is -3.00. The molecule has 0 spiro atoms. The molecule has 0 aliphatic rings. The molecule has 9 heteroatoms. The predicted molar refractivity (Wildman–Crippen MR) is 85.6 cm³/mol. The van der Waals surface area contributed by atoms with Gasteiger partial charge in [-0.2, -0.15) is 0 Å². The van der Waals surface area contributed by atoms with Crippen LogP contribution < -0.4 is 5.32 Å². The topological polar surface area (TPSA) is 89.5 Å². The zero-order valence-corrected chi connectivity index (χ0v) is 12.8. The number of carbonyl (C=O) groups is 1. The van der Waals surface area contributed by atoms with Gasteiger partial charge in [-0.15, -0.1) is 0 Å². The molecule has 3 aromatic rings. The Morgan fingerprint density at radius 2 is 2.12 bits per heavy atom. The number of aromatic nitrogens is 2. The van der Waals surface area contributed by atoms with Gasteiger partial charge in [0.2, 0.25) is 5.91 Å². The van der Waals surface area contributed by atoms with Crippen molar-refractivity contribution in [1.82, 2.24) is 9.38 Å². The number of imidazole rings is 1. The smallest absolute Gasteiger partial charge is 0.289 e. The van der Waals surface area contributed by atoms with Crippen LogP contribution in [0.4, 0.5) is 15.8 Å². The summed E-state index contributed by atoms with van der Waals surface area (Å²) in [5, 5.41) is 13.4. The summed E-state index contributed by atoms with van der Waals surface area (Å²) in [6.45, 7) is 0. The maximum Gasteiger partial charge on any atom is 0.289 e. The summed E-state index contributed by atoms with van der Waals surface area (Å²) < 4.78 is 14.6. The molecule has 1 N–H and O–H groups in total. The van der Waals surface area contributed by atoms with E-state index in [0.717, 1.165) is 0 Å². The minimum absolute atomic E-state index is 0.0135. The predicted octanol–water partition coefficient (Wildman–Crippen LogP) is 3.22. The van der Waals surface area contributed by atoms with E-state index >= 15 is 0 Å². The van der Waals surface area contributed by atoms with Gasteiger partial charge in [0.25, 0.3) is 5.69 Å². The summed E-state index contributed by atoms with van der Waals surface area (Å²) in [5.74, 6) is -0.820. The second-order valence-electron chi connectivity index (χ2n) is 4.99. The van der Waals surface area contributed by atoms with Crippen molar-refractivity contribution in [3.63, 3.8) is 0 Å². The van der Waals surface area contributed by atoms with Crippen LogP contribution in [0.3, 0.4) is 0 Å². The maximum absolute atomic E-state index is 13.1. The first kappa shape index (κ1) is 15.9. The van der Waals surface area contributed by atoms with Gasteiger partial charge in [-0.25, -0.2) is 9.37 Å². The summed E-state index contributed by atoms with van der Waals surface area (Å²) in [6, 6.07) is 6.76. The number of nitro benzene ring substituents is 1. The molecule has 0 unspecified atom stereocenters. The number of nitrogens with one attached hydrogen (secondary N) is 1. The number of fused-ring (bicyclic) bond motifs is 1. The van der Waals surface area contributed by atoms with E-state index in [1.54, 1.807) is 6.20 Å². The van der Waals surface area contributed by atoms with Crippen molar-refractivity contribution < 1.29 is 14.1 Å². The molecule has 2 heterocycles. The number of carbonyl (C=O) groups excluding carboxylic acids is 1. The fraction of sp³-hybridized carbons (Fsp3) is 0.0667. The lowest BCUT2D eigenvalue weighted by atomic mass is 10.2. The first-order valence-corrected chi connectivity index (χ1v) is 7.17. The second-order valence-corrected chi connectivity index (χ2v) is 5.40. The monoisotopic (exact) mass is 348 g/mol. The van der Waals surface area contributed by atoms with Gasteiger partial charge in [-0.3, -0.25) is 14.9 Å². The van der Waals surface area contributed by atoms with Gasteiger partial charge in [0.05, 0.1) is 17.0 Å². The number of anilines is 1. The normalized spacial score (nSPS) is 10.8. The number of nitrogens with zero attached hydrogens (tertiary/aromatic N) is 3. The minimum Gasteiger partial charge on any atom is -0.325 e. The van der Waals surface area contributed by atoms with Crippen LogP contribution in [0.15, 0.2) is 42.7 Å². The van der Waals surface area contributed by atoms with Gasteiger partial charge in [-0.05, 0) is 24.3 Å². The van der Waals surface area contributed by atoms with E-state index in [9.17, 15) is 19.3 Å². The molecule has 0 aliphatic carbocycles. The number of amides is 1. The van der Waals surface area contributed by atoms with Crippen LogP contribution in [0, 0.1) is 15.9 Å². The highest BCUT2D eigenvalue weighted by Gasteiger charge is 2.14. The lowest BCUT2D eigenvalue weighted by molar-refractivity contribution is -0.384. The van der Waals surface area contributed by atoms with Crippen LogP contribution in [0.2, 0.25) is 5.02 Å². The highest BCUT2D eigenvalue weighted by molar-refractivity contribution is 6.32. The second kappa shape index (κ2) is 6.25. The summed E-state index contributed by atoms with van der Waals surface area (Å²) >= 11 is 5.72. The SMILES string of the molecule is O=C(Cc1cn2cc(F)ccc2n1)Nc1ccc(Cl)c([N+](=O)[O-])c1. The van der Waals surface area contributed by atoms with Crippen molar-refractivity contribution in [3.8, 4) is 0 Å². The summed E-state index contributed by atoms with van der Waals surface area (Å²) in [5.41, 5.74) is 0.923. The van der Waals surface area contributed by atoms with Crippen molar-refractivity contribution in [1.29, 1.82) is 0 Å². The van der Waals surface area contributed by atoms with E-state index in [-0.39, 0.29) is 22.8 Å². The lowest BCUT2D eigenvalue weighted by Crippen LogP contribution is -2.14. The van der Waals surface area contributed by atoms with Crippen LogP contribution >= 0.6 is 11.6 Å². The van der Waals surface area contributed by atoms with E-state index in [4.69, 9.17) is 11.6 Å². The fourth-order valence-corrected chi connectivity index (χ4v) is 2.39. The van der Waals surface area contributed by atoms with Crippen molar-refractivity contribution in [2.24, 2.45) is 0 Å². The Morgan fingerprint density at radius 3 is 2.88 bits per heavy atom. The third-order valence-corrected chi connectivity index (χ3v) is 3.55. The highest BCUT2D eigenvalue weighted by Crippen LogP contribution is 2.27.